The number of allylic oxidation sites excluding steroid dienone is 4. The number of hydrogen-bond donors (Lipinski definition) is 0. The van der Waals surface area contributed by atoms with Crippen LogP contribution in [-0.4, -0.2) is 11.5 Å². The molecule has 0 spiro atoms. The average Bonchev–Trinajstić information content (AvgIpc) is 2.34. The zero-order valence-electron chi connectivity index (χ0n) is 9.36. The van der Waals surface area contributed by atoms with Crippen molar-refractivity contribution in [1.82, 2.24) is 0 Å². The Bertz CT molecular complexity index is 681. The Kier molecular flexibility index (Phi) is 5.06. The van der Waals surface area contributed by atoms with Crippen LogP contribution in [0.1, 0.15) is 0 Å². The standard InChI is InChI=1S/C12H3Cl6NO/c13-4-1-5(14)11(6(15)2-4)19-12-7(16)3-8(20)9(17)10(12)18/h1-3H/b19-12-. The van der Waals surface area contributed by atoms with Crippen LogP contribution in [0, 0.1) is 0 Å². The molecule has 1 aromatic rings. The van der Waals surface area contributed by atoms with Crippen molar-refractivity contribution in [3.8, 4) is 0 Å². The van der Waals surface area contributed by atoms with E-state index in [0.717, 1.165) is 6.08 Å². The second kappa shape index (κ2) is 6.27. The maximum atomic E-state index is 11.4. The third-order valence-corrected chi connectivity index (χ3v) is 4.23. The number of nitrogens with zero attached hydrogens (tertiary/aromatic N) is 1. The smallest absolute Gasteiger partial charge is 0.200 e. The summed E-state index contributed by atoms with van der Waals surface area (Å²) in [4.78, 5) is 15.6. The van der Waals surface area contributed by atoms with E-state index in [1.54, 1.807) is 0 Å². The molecule has 0 fully saturated rings. The summed E-state index contributed by atoms with van der Waals surface area (Å²) >= 11 is 35.5. The number of carbonyl (C=O) groups excluding carboxylic acids is 1. The summed E-state index contributed by atoms with van der Waals surface area (Å²) in [6.45, 7) is 0. The first kappa shape index (κ1) is 16.2. The van der Waals surface area contributed by atoms with E-state index in [4.69, 9.17) is 69.6 Å². The molecule has 0 radical (unpaired) electrons. The van der Waals surface area contributed by atoms with Gasteiger partial charge in [0.2, 0.25) is 0 Å². The van der Waals surface area contributed by atoms with Crippen LogP contribution in [0.5, 0.6) is 0 Å². The topological polar surface area (TPSA) is 29.4 Å². The van der Waals surface area contributed by atoms with Crippen molar-refractivity contribution >= 4 is 86.8 Å². The van der Waals surface area contributed by atoms with E-state index < -0.39 is 5.78 Å². The van der Waals surface area contributed by atoms with E-state index in [-0.39, 0.29) is 36.5 Å². The molecule has 0 saturated heterocycles. The number of carbonyl (C=O) groups is 1. The van der Waals surface area contributed by atoms with Gasteiger partial charge in [-0.05, 0) is 12.1 Å². The Labute approximate surface area is 144 Å². The van der Waals surface area contributed by atoms with E-state index >= 15 is 0 Å². The van der Waals surface area contributed by atoms with E-state index in [1.165, 1.54) is 12.1 Å². The molecule has 104 valence electrons. The highest BCUT2D eigenvalue weighted by Crippen LogP contribution is 2.38. The van der Waals surface area contributed by atoms with Gasteiger partial charge in [-0.15, -0.1) is 0 Å². The van der Waals surface area contributed by atoms with Crippen molar-refractivity contribution in [3.05, 3.63) is 48.4 Å². The van der Waals surface area contributed by atoms with Gasteiger partial charge in [-0.2, -0.15) is 0 Å². The summed E-state index contributed by atoms with van der Waals surface area (Å²) in [7, 11) is 0. The van der Waals surface area contributed by atoms with Gasteiger partial charge < -0.3 is 0 Å². The van der Waals surface area contributed by atoms with Crippen molar-refractivity contribution in [3.63, 3.8) is 0 Å². The largest absolute Gasteiger partial charge is 0.288 e. The highest BCUT2D eigenvalue weighted by atomic mass is 35.5. The van der Waals surface area contributed by atoms with Crippen molar-refractivity contribution in [2.75, 3.05) is 0 Å². The molecule has 0 bridgehead atoms. The number of ketones is 1. The minimum Gasteiger partial charge on any atom is -0.288 e. The van der Waals surface area contributed by atoms with Crippen molar-refractivity contribution in [2.24, 2.45) is 4.99 Å². The lowest BCUT2D eigenvalue weighted by molar-refractivity contribution is -0.110. The third-order valence-electron chi connectivity index (χ3n) is 2.31. The Hall–Kier alpha value is -0.220. The molecule has 1 aliphatic carbocycles. The molecule has 0 aromatic heterocycles. The molecule has 2 nitrogen and oxygen atoms in total. The van der Waals surface area contributed by atoms with Gasteiger partial charge in [-0.25, -0.2) is 4.99 Å². The van der Waals surface area contributed by atoms with Gasteiger partial charge in [0, 0.05) is 11.1 Å². The summed E-state index contributed by atoms with van der Waals surface area (Å²) in [5.74, 6) is -0.492. The minimum atomic E-state index is -0.492. The van der Waals surface area contributed by atoms with Gasteiger partial charge in [-0.1, -0.05) is 69.6 Å². The molecular weight excluding hydrogens is 387 g/mol. The molecule has 20 heavy (non-hydrogen) atoms. The van der Waals surface area contributed by atoms with Gasteiger partial charge in [0.05, 0.1) is 20.1 Å². The molecular formula is C12H3Cl6NO. The summed E-state index contributed by atoms with van der Waals surface area (Å²) in [5, 5.41) is 0.617. The molecule has 0 amide bonds. The molecule has 1 aromatic carbocycles. The zero-order chi connectivity index (χ0) is 15.0. The van der Waals surface area contributed by atoms with Gasteiger partial charge in [-0.3, -0.25) is 4.79 Å². The van der Waals surface area contributed by atoms with Crippen LogP contribution in [0.2, 0.25) is 15.1 Å². The van der Waals surface area contributed by atoms with Crippen LogP contribution in [-0.2, 0) is 4.79 Å². The SMILES string of the molecule is O=C1C=C(Cl)/C(=N/c2c(Cl)cc(Cl)cc2Cl)C(Cl)=C1Cl. The Morgan fingerprint density at radius 1 is 0.850 bits per heavy atom. The van der Waals surface area contributed by atoms with E-state index in [9.17, 15) is 4.79 Å². The summed E-state index contributed by atoms with van der Waals surface area (Å²) in [6, 6.07) is 2.94. The van der Waals surface area contributed by atoms with E-state index in [1.807, 2.05) is 0 Å². The maximum absolute atomic E-state index is 11.4. The van der Waals surface area contributed by atoms with Crippen LogP contribution >= 0.6 is 69.6 Å². The van der Waals surface area contributed by atoms with E-state index in [0.29, 0.717) is 5.02 Å². The van der Waals surface area contributed by atoms with Crippen LogP contribution in [0.4, 0.5) is 5.69 Å². The minimum absolute atomic E-state index is 0.0477. The van der Waals surface area contributed by atoms with Gasteiger partial charge >= 0.3 is 0 Å². The molecule has 0 N–H and O–H groups in total. The fraction of sp³-hybridized carbons (Fsp3) is 0. The first-order chi connectivity index (χ1) is 9.31. The summed E-state index contributed by atoms with van der Waals surface area (Å²) in [6.07, 6.45) is 1.12. The first-order valence-electron chi connectivity index (χ1n) is 5.02. The van der Waals surface area contributed by atoms with Crippen molar-refractivity contribution in [1.29, 1.82) is 0 Å². The molecule has 0 heterocycles. The van der Waals surface area contributed by atoms with Gasteiger partial charge in [0.25, 0.3) is 0 Å². The Morgan fingerprint density at radius 3 is 1.95 bits per heavy atom. The first-order valence-corrected chi connectivity index (χ1v) is 7.29. The summed E-state index contributed by atoms with van der Waals surface area (Å²) in [5.41, 5.74) is 0.348. The lowest BCUT2D eigenvalue weighted by Gasteiger charge is -2.12. The molecule has 0 aliphatic heterocycles. The fourth-order valence-corrected chi connectivity index (χ4v) is 2.99. The van der Waals surface area contributed by atoms with Crippen LogP contribution < -0.4 is 0 Å². The summed E-state index contributed by atoms with van der Waals surface area (Å²) < 4.78 is 0. The number of aliphatic imine (C=N–C) groups is 1. The van der Waals surface area contributed by atoms with Gasteiger partial charge in [0.1, 0.15) is 16.4 Å². The predicted molar refractivity (Wildman–Crippen MR) is 86.2 cm³/mol. The number of benzene rings is 1. The highest BCUT2D eigenvalue weighted by molar-refractivity contribution is 6.64. The predicted octanol–water partition coefficient (Wildman–Crippen LogP) is 6.11. The zero-order valence-corrected chi connectivity index (χ0v) is 13.9. The molecule has 0 saturated carbocycles. The lowest BCUT2D eigenvalue weighted by Crippen LogP contribution is -2.11. The normalized spacial score (nSPS) is 17.8. The van der Waals surface area contributed by atoms with Crippen molar-refractivity contribution < 1.29 is 4.79 Å². The number of hydrogen-bond acceptors (Lipinski definition) is 2. The lowest BCUT2D eigenvalue weighted by atomic mass is 10.1. The maximum Gasteiger partial charge on any atom is 0.200 e. The molecule has 0 atom stereocenters. The second-order valence-electron chi connectivity index (χ2n) is 3.66. The van der Waals surface area contributed by atoms with Gasteiger partial charge in [0.15, 0.2) is 5.78 Å². The highest BCUT2D eigenvalue weighted by Gasteiger charge is 2.24. The Balaban J connectivity index is 2.62. The van der Waals surface area contributed by atoms with Crippen LogP contribution in [0.25, 0.3) is 0 Å². The molecule has 2 rings (SSSR count). The second-order valence-corrected chi connectivity index (χ2v) is 6.08. The molecule has 1 aliphatic rings. The third kappa shape index (κ3) is 3.16. The Morgan fingerprint density at radius 2 is 1.40 bits per heavy atom. The van der Waals surface area contributed by atoms with Crippen LogP contribution in [0.15, 0.2) is 38.3 Å². The monoisotopic (exact) mass is 387 g/mol. The van der Waals surface area contributed by atoms with Crippen molar-refractivity contribution in [2.45, 2.75) is 0 Å². The quantitative estimate of drug-likeness (QED) is 0.532. The number of rotatable bonds is 1. The van der Waals surface area contributed by atoms with E-state index in [2.05, 4.69) is 4.99 Å². The fourth-order valence-electron chi connectivity index (χ4n) is 1.42. The average molecular weight is 390 g/mol. The molecule has 8 heteroatoms. The van der Waals surface area contributed by atoms with Crippen LogP contribution in [0.3, 0.4) is 0 Å². The molecule has 0 unspecified atom stereocenters. The number of halogens is 6.